The summed E-state index contributed by atoms with van der Waals surface area (Å²) < 4.78 is 155. The number of anilines is 2. The van der Waals surface area contributed by atoms with Crippen LogP contribution in [0.1, 0.15) is 28.7 Å². The second kappa shape index (κ2) is 12.0. The Labute approximate surface area is 223 Å². The molecule has 0 saturated carbocycles. The minimum atomic E-state index is -5.05. The first kappa shape index (κ1) is 32.2. The van der Waals surface area contributed by atoms with E-state index in [1.54, 1.807) is 0 Å². The average molecular weight is 616 g/mol. The number of nitrogens with one attached hydrogen (secondary N) is 4. The second-order valence-electron chi connectivity index (χ2n) is 7.70. The van der Waals surface area contributed by atoms with Gasteiger partial charge in [0.05, 0.1) is 22.3 Å². The molecule has 4 nitrogen and oxygen atoms in total. The Morgan fingerprint density at radius 1 is 0.487 bits per heavy atom. The maximum atomic E-state index is 12.9. The van der Waals surface area contributed by atoms with E-state index in [1.165, 1.54) is 0 Å². The molecule has 0 amide bonds. The standard InChI is InChI=1S/C21H16F12N4S2/c22-18(23,24)10-4-11(19(25,26)27)7-14(6-10)36-16(38)34-2-1-3-35-17(39)37-15-8-12(20(28,29)30)5-13(9-15)21(31,32)33/h4-9H,1-3H2,(H2,34,36,38)(H2,35,37,39). The Morgan fingerprint density at radius 3 is 0.974 bits per heavy atom. The number of hydrogen-bond acceptors (Lipinski definition) is 2. The molecule has 216 valence electrons. The van der Waals surface area contributed by atoms with Crippen molar-refractivity contribution in [3.05, 3.63) is 58.7 Å². The van der Waals surface area contributed by atoms with Gasteiger partial charge in [-0.05, 0) is 67.3 Å². The van der Waals surface area contributed by atoms with Crippen LogP contribution in [0, 0.1) is 0 Å². The third kappa shape index (κ3) is 10.2. The van der Waals surface area contributed by atoms with Gasteiger partial charge in [0.15, 0.2) is 10.2 Å². The fraction of sp³-hybridized carbons (Fsp3) is 0.333. The van der Waals surface area contributed by atoms with Crippen LogP contribution in [0.15, 0.2) is 36.4 Å². The van der Waals surface area contributed by atoms with Crippen molar-refractivity contribution in [3.63, 3.8) is 0 Å². The molecule has 4 N–H and O–H groups in total. The van der Waals surface area contributed by atoms with Crippen molar-refractivity contribution in [2.24, 2.45) is 0 Å². The van der Waals surface area contributed by atoms with Crippen LogP contribution in [0.3, 0.4) is 0 Å². The highest BCUT2D eigenvalue weighted by atomic mass is 32.1. The van der Waals surface area contributed by atoms with Gasteiger partial charge in [-0.25, -0.2) is 0 Å². The van der Waals surface area contributed by atoms with Crippen LogP contribution < -0.4 is 21.3 Å². The van der Waals surface area contributed by atoms with Crippen molar-refractivity contribution in [2.45, 2.75) is 31.1 Å². The third-order valence-electron chi connectivity index (χ3n) is 4.62. The van der Waals surface area contributed by atoms with Crippen LogP contribution in [0.5, 0.6) is 0 Å². The van der Waals surface area contributed by atoms with Gasteiger partial charge in [-0.3, -0.25) is 0 Å². The zero-order valence-corrected chi connectivity index (χ0v) is 20.6. The van der Waals surface area contributed by atoms with E-state index in [-0.39, 0.29) is 41.9 Å². The Kier molecular flexibility index (Phi) is 9.92. The van der Waals surface area contributed by atoms with E-state index in [2.05, 4.69) is 21.3 Å². The Bertz CT molecular complexity index is 1030. The SMILES string of the molecule is FC(F)(F)c1cc(NC(=S)NCCCNC(=S)Nc2cc(C(F)(F)F)cc(C(F)(F)F)c2)cc(C(F)(F)F)c1. The molecular formula is C21H16F12N4S2. The predicted octanol–water partition coefficient (Wildman–Crippen LogP) is 7.42. The zero-order valence-electron chi connectivity index (χ0n) is 18.9. The monoisotopic (exact) mass is 616 g/mol. The summed E-state index contributed by atoms with van der Waals surface area (Å²) in [7, 11) is 0. The van der Waals surface area contributed by atoms with Crippen LogP contribution in [0.4, 0.5) is 64.1 Å². The van der Waals surface area contributed by atoms with Gasteiger partial charge in [-0.2, -0.15) is 52.7 Å². The molecule has 0 saturated heterocycles. The smallest absolute Gasteiger partial charge is 0.362 e. The van der Waals surface area contributed by atoms with E-state index in [4.69, 9.17) is 24.4 Å². The normalized spacial score (nSPS) is 12.6. The molecule has 0 aromatic heterocycles. The lowest BCUT2D eigenvalue weighted by atomic mass is 10.1. The summed E-state index contributed by atoms with van der Waals surface area (Å²) in [5.41, 5.74) is -7.33. The molecule has 0 atom stereocenters. The lowest BCUT2D eigenvalue weighted by Gasteiger charge is -2.17. The Hall–Kier alpha value is -3.02. The lowest BCUT2D eigenvalue weighted by Crippen LogP contribution is -2.34. The zero-order chi connectivity index (χ0) is 29.8. The maximum absolute atomic E-state index is 12.9. The molecule has 0 aliphatic rings. The number of hydrogen-bond donors (Lipinski definition) is 4. The van der Waals surface area contributed by atoms with Crippen LogP contribution in [-0.4, -0.2) is 23.3 Å². The van der Waals surface area contributed by atoms with Gasteiger partial charge in [0, 0.05) is 24.5 Å². The summed E-state index contributed by atoms with van der Waals surface area (Å²) in [6.45, 7) is 0.0165. The van der Waals surface area contributed by atoms with Crippen molar-refractivity contribution < 1.29 is 52.7 Å². The fourth-order valence-electron chi connectivity index (χ4n) is 2.90. The fourth-order valence-corrected chi connectivity index (χ4v) is 3.34. The minimum Gasteiger partial charge on any atom is -0.362 e. The van der Waals surface area contributed by atoms with E-state index < -0.39 is 58.3 Å². The molecule has 2 aromatic rings. The average Bonchev–Trinajstić information content (AvgIpc) is 2.76. The third-order valence-corrected chi connectivity index (χ3v) is 5.11. The first-order chi connectivity index (χ1) is 17.7. The van der Waals surface area contributed by atoms with E-state index in [0.29, 0.717) is 24.3 Å². The number of thiocarbonyl (C=S) groups is 2. The molecule has 0 bridgehead atoms. The minimum absolute atomic E-state index is 0.00825. The largest absolute Gasteiger partial charge is 0.416 e. The quantitative estimate of drug-likeness (QED) is 0.154. The maximum Gasteiger partial charge on any atom is 0.416 e. The first-order valence-corrected chi connectivity index (χ1v) is 11.2. The van der Waals surface area contributed by atoms with Crippen LogP contribution >= 0.6 is 24.4 Å². The van der Waals surface area contributed by atoms with Crippen molar-refractivity contribution in [3.8, 4) is 0 Å². The highest BCUT2D eigenvalue weighted by Crippen LogP contribution is 2.38. The highest BCUT2D eigenvalue weighted by molar-refractivity contribution is 7.80. The van der Waals surface area contributed by atoms with Crippen molar-refractivity contribution >= 4 is 46.0 Å². The lowest BCUT2D eigenvalue weighted by molar-refractivity contribution is -0.144. The molecule has 18 heteroatoms. The highest BCUT2D eigenvalue weighted by Gasteiger charge is 2.38. The molecule has 0 unspecified atom stereocenters. The molecule has 0 radical (unpaired) electrons. The number of benzene rings is 2. The van der Waals surface area contributed by atoms with E-state index in [1.807, 2.05) is 0 Å². The van der Waals surface area contributed by atoms with Gasteiger partial charge in [0.1, 0.15) is 0 Å². The molecule has 0 heterocycles. The van der Waals surface area contributed by atoms with E-state index >= 15 is 0 Å². The molecule has 0 spiro atoms. The molecule has 2 rings (SSSR count). The van der Waals surface area contributed by atoms with Crippen molar-refractivity contribution in [2.75, 3.05) is 23.7 Å². The molecule has 0 aliphatic heterocycles. The summed E-state index contributed by atoms with van der Waals surface area (Å²) >= 11 is 9.71. The molecule has 0 fully saturated rings. The Morgan fingerprint density at radius 2 is 0.744 bits per heavy atom. The van der Waals surface area contributed by atoms with E-state index in [0.717, 1.165) is 0 Å². The van der Waals surface area contributed by atoms with Gasteiger partial charge in [0.2, 0.25) is 0 Å². The number of alkyl halides is 12. The van der Waals surface area contributed by atoms with Gasteiger partial charge in [0.25, 0.3) is 0 Å². The van der Waals surface area contributed by atoms with Crippen LogP contribution in [-0.2, 0) is 24.7 Å². The summed E-state index contributed by atoms with van der Waals surface area (Å²) in [6, 6.07) is 1.65. The summed E-state index contributed by atoms with van der Waals surface area (Å²) in [5.74, 6) is 0. The molecule has 39 heavy (non-hydrogen) atoms. The predicted molar refractivity (Wildman–Crippen MR) is 126 cm³/mol. The van der Waals surface area contributed by atoms with Crippen molar-refractivity contribution in [1.82, 2.24) is 10.6 Å². The molecule has 2 aromatic carbocycles. The Balaban J connectivity index is 1.90. The summed E-state index contributed by atoms with van der Waals surface area (Å²) in [4.78, 5) is 0. The van der Waals surface area contributed by atoms with Crippen LogP contribution in [0.2, 0.25) is 0 Å². The van der Waals surface area contributed by atoms with Gasteiger partial charge >= 0.3 is 24.7 Å². The molecule has 0 aliphatic carbocycles. The summed E-state index contributed by atoms with van der Waals surface area (Å²) in [6.07, 6.45) is -20.0. The van der Waals surface area contributed by atoms with Gasteiger partial charge in [-0.1, -0.05) is 0 Å². The van der Waals surface area contributed by atoms with Crippen LogP contribution in [0.25, 0.3) is 0 Å². The second-order valence-corrected chi connectivity index (χ2v) is 8.52. The molecular weight excluding hydrogens is 600 g/mol. The number of halogens is 12. The van der Waals surface area contributed by atoms with Crippen molar-refractivity contribution in [1.29, 1.82) is 0 Å². The van der Waals surface area contributed by atoms with Gasteiger partial charge in [-0.15, -0.1) is 0 Å². The summed E-state index contributed by atoms with van der Waals surface area (Å²) in [5, 5.41) is 8.84. The topological polar surface area (TPSA) is 48.1 Å². The first-order valence-electron chi connectivity index (χ1n) is 10.3. The van der Waals surface area contributed by atoms with E-state index in [9.17, 15) is 52.7 Å². The number of rotatable bonds is 6. The van der Waals surface area contributed by atoms with Gasteiger partial charge < -0.3 is 21.3 Å².